The molecule has 0 fully saturated rings. The summed E-state index contributed by atoms with van der Waals surface area (Å²) < 4.78 is 0. The maximum absolute atomic E-state index is 12.5. The van der Waals surface area contributed by atoms with Gasteiger partial charge in [0.2, 0.25) is 0 Å². The highest BCUT2D eigenvalue weighted by Gasteiger charge is 2.08. The Morgan fingerprint density at radius 3 is 2.61 bits per heavy atom. The molecule has 0 aliphatic heterocycles. The lowest BCUT2D eigenvalue weighted by atomic mass is 10.1. The maximum Gasteiger partial charge on any atom is 0.255 e. The number of nitrogens with one attached hydrogen (secondary N) is 1. The molecule has 1 amide bonds. The van der Waals surface area contributed by atoms with E-state index in [1.807, 2.05) is 54.6 Å². The number of pyridine rings is 1. The van der Waals surface area contributed by atoms with Gasteiger partial charge in [0.25, 0.3) is 5.91 Å². The van der Waals surface area contributed by atoms with Crippen LogP contribution in [0.5, 0.6) is 0 Å². The van der Waals surface area contributed by atoms with E-state index in [9.17, 15) is 4.79 Å². The van der Waals surface area contributed by atoms with Crippen LogP contribution >= 0.6 is 0 Å². The van der Waals surface area contributed by atoms with Gasteiger partial charge < -0.3 is 10.2 Å². The number of unbranched alkanes of at least 4 members (excludes halogenated alkanes) is 3. The van der Waals surface area contributed by atoms with Crippen LogP contribution in [0.1, 0.15) is 48.5 Å². The first-order valence-corrected chi connectivity index (χ1v) is 10.1. The average molecular weight is 376 g/mol. The van der Waals surface area contributed by atoms with Crippen LogP contribution in [0.25, 0.3) is 10.9 Å². The van der Waals surface area contributed by atoms with E-state index >= 15 is 0 Å². The predicted molar refractivity (Wildman–Crippen MR) is 117 cm³/mol. The number of para-hydroxylation sites is 1. The van der Waals surface area contributed by atoms with Gasteiger partial charge in [0, 0.05) is 17.5 Å². The van der Waals surface area contributed by atoms with E-state index in [0.717, 1.165) is 24.0 Å². The van der Waals surface area contributed by atoms with E-state index < -0.39 is 0 Å². The molecule has 0 saturated carbocycles. The highest BCUT2D eigenvalue weighted by Crippen LogP contribution is 2.17. The number of anilines is 1. The van der Waals surface area contributed by atoms with Crippen molar-refractivity contribution in [2.45, 2.75) is 39.2 Å². The number of fused-ring (bicyclic) bond motifs is 1. The second-order valence-corrected chi connectivity index (χ2v) is 7.37. The number of aromatic nitrogens is 1. The fourth-order valence-electron chi connectivity index (χ4n) is 3.30. The summed E-state index contributed by atoms with van der Waals surface area (Å²) in [7, 11) is 2.15. The Kier molecular flexibility index (Phi) is 7.15. The molecule has 1 N–H and O–H groups in total. The van der Waals surface area contributed by atoms with Crippen LogP contribution in [0.4, 0.5) is 5.69 Å². The summed E-state index contributed by atoms with van der Waals surface area (Å²) in [4.78, 5) is 19.3. The van der Waals surface area contributed by atoms with Crippen LogP contribution < -0.4 is 5.32 Å². The number of hydrogen-bond acceptors (Lipinski definition) is 3. The molecule has 0 bridgehead atoms. The van der Waals surface area contributed by atoms with Crippen LogP contribution in [-0.4, -0.2) is 29.4 Å². The Hall–Kier alpha value is -2.72. The molecule has 28 heavy (non-hydrogen) atoms. The van der Waals surface area contributed by atoms with Crippen molar-refractivity contribution in [3.63, 3.8) is 0 Å². The van der Waals surface area contributed by atoms with E-state index in [1.165, 1.54) is 31.2 Å². The molecule has 4 heteroatoms. The fourth-order valence-corrected chi connectivity index (χ4v) is 3.30. The Morgan fingerprint density at radius 1 is 1.04 bits per heavy atom. The number of rotatable bonds is 9. The van der Waals surface area contributed by atoms with E-state index in [1.54, 1.807) is 6.20 Å². The molecule has 3 rings (SSSR count). The van der Waals surface area contributed by atoms with Crippen molar-refractivity contribution in [2.75, 3.05) is 18.9 Å². The third kappa shape index (κ3) is 5.64. The molecule has 0 aliphatic rings. The average Bonchev–Trinajstić information content (AvgIpc) is 2.71. The lowest BCUT2D eigenvalue weighted by molar-refractivity contribution is 0.102. The lowest BCUT2D eigenvalue weighted by Crippen LogP contribution is -2.19. The van der Waals surface area contributed by atoms with Crippen molar-refractivity contribution in [1.82, 2.24) is 9.88 Å². The summed E-state index contributed by atoms with van der Waals surface area (Å²) in [5.41, 5.74) is 3.51. The van der Waals surface area contributed by atoms with Gasteiger partial charge in [-0.2, -0.15) is 0 Å². The summed E-state index contributed by atoms with van der Waals surface area (Å²) in [5, 5.41) is 3.95. The molecule has 0 aliphatic carbocycles. The van der Waals surface area contributed by atoms with Gasteiger partial charge in [-0.1, -0.05) is 56.5 Å². The Bertz CT molecular complexity index is 905. The van der Waals surface area contributed by atoms with Crippen LogP contribution in [0.3, 0.4) is 0 Å². The molecule has 146 valence electrons. The zero-order chi connectivity index (χ0) is 19.8. The van der Waals surface area contributed by atoms with Crippen LogP contribution in [0.2, 0.25) is 0 Å². The monoisotopic (exact) mass is 375 g/mol. The van der Waals surface area contributed by atoms with Gasteiger partial charge in [-0.15, -0.1) is 0 Å². The molecule has 2 aromatic carbocycles. The van der Waals surface area contributed by atoms with Gasteiger partial charge in [-0.3, -0.25) is 9.78 Å². The van der Waals surface area contributed by atoms with E-state index in [4.69, 9.17) is 0 Å². The minimum Gasteiger partial charge on any atom is -0.321 e. The van der Waals surface area contributed by atoms with Gasteiger partial charge in [0.1, 0.15) is 0 Å². The van der Waals surface area contributed by atoms with Crippen LogP contribution in [0.15, 0.2) is 60.8 Å². The second-order valence-electron chi connectivity index (χ2n) is 7.37. The number of amides is 1. The molecular weight excluding hydrogens is 346 g/mol. The molecule has 0 atom stereocenters. The van der Waals surface area contributed by atoms with Gasteiger partial charge in [-0.25, -0.2) is 0 Å². The molecule has 1 heterocycles. The van der Waals surface area contributed by atoms with Crippen LogP contribution in [0, 0.1) is 0 Å². The van der Waals surface area contributed by atoms with Crippen molar-refractivity contribution in [2.24, 2.45) is 0 Å². The third-order valence-electron chi connectivity index (χ3n) is 4.91. The summed E-state index contributed by atoms with van der Waals surface area (Å²) >= 11 is 0. The van der Waals surface area contributed by atoms with Crippen molar-refractivity contribution >= 4 is 22.5 Å². The van der Waals surface area contributed by atoms with E-state index in [-0.39, 0.29) is 5.91 Å². The Morgan fingerprint density at radius 2 is 1.82 bits per heavy atom. The van der Waals surface area contributed by atoms with Crippen molar-refractivity contribution < 1.29 is 4.79 Å². The largest absolute Gasteiger partial charge is 0.321 e. The molecule has 1 aromatic heterocycles. The summed E-state index contributed by atoms with van der Waals surface area (Å²) in [6, 6.07) is 17.7. The standard InChI is InChI=1S/C24H29N3O/c1-3-4-5-8-15-27(2)18-19-11-13-20(14-12-19)24(28)26-22-16-21-9-6-7-10-23(21)25-17-22/h6-7,9-14,16-17H,3-5,8,15,18H2,1-2H3,(H,26,28). The molecule has 0 saturated heterocycles. The first kappa shape index (κ1) is 20.0. The molecule has 3 aromatic rings. The fraction of sp³-hybridized carbons (Fsp3) is 0.333. The Labute approximate surface area is 167 Å². The van der Waals surface area contributed by atoms with E-state index in [0.29, 0.717) is 11.3 Å². The summed E-state index contributed by atoms with van der Waals surface area (Å²) in [5.74, 6) is -0.114. The number of benzene rings is 2. The van der Waals surface area contributed by atoms with Gasteiger partial charge >= 0.3 is 0 Å². The maximum atomic E-state index is 12.5. The third-order valence-corrected chi connectivity index (χ3v) is 4.91. The minimum absolute atomic E-state index is 0.114. The zero-order valence-corrected chi connectivity index (χ0v) is 16.8. The number of carbonyl (C=O) groups is 1. The van der Waals surface area contributed by atoms with Crippen molar-refractivity contribution in [3.8, 4) is 0 Å². The molecule has 4 nitrogen and oxygen atoms in total. The number of nitrogens with zero attached hydrogens (tertiary/aromatic N) is 2. The summed E-state index contributed by atoms with van der Waals surface area (Å²) in [6.07, 6.45) is 6.81. The first-order valence-electron chi connectivity index (χ1n) is 10.1. The first-order chi connectivity index (χ1) is 13.7. The zero-order valence-electron chi connectivity index (χ0n) is 16.8. The van der Waals surface area contributed by atoms with Crippen LogP contribution in [-0.2, 0) is 6.54 Å². The Balaban J connectivity index is 1.55. The number of carbonyl (C=O) groups excluding carboxylic acids is 1. The quantitative estimate of drug-likeness (QED) is 0.502. The molecule has 0 radical (unpaired) electrons. The molecule has 0 spiro atoms. The van der Waals surface area contributed by atoms with Gasteiger partial charge in [0.15, 0.2) is 0 Å². The number of hydrogen-bond donors (Lipinski definition) is 1. The highest BCUT2D eigenvalue weighted by molar-refractivity contribution is 6.04. The predicted octanol–water partition coefficient (Wildman–Crippen LogP) is 5.50. The summed E-state index contributed by atoms with van der Waals surface area (Å²) in [6.45, 7) is 4.25. The normalized spacial score (nSPS) is 11.1. The molecule has 0 unspecified atom stereocenters. The minimum atomic E-state index is -0.114. The van der Waals surface area contributed by atoms with Gasteiger partial charge in [-0.05, 0) is 49.8 Å². The second kappa shape index (κ2) is 10.00. The topological polar surface area (TPSA) is 45.2 Å². The van der Waals surface area contributed by atoms with Crippen molar-refractivity contribution in [3.05, 3.63) is 71.9 Å². The smallest absolute Gasteiger partial charge is 0.255 e. The molecular formula is C24H29N3O. The van der Waals surface area contributed by atoms with Crippen molar-refractivity contribution in [1.29, 1.82) is 0 Å². The lowest BCUT2D eigenvalue weighted by Gasteiger charge is -2.16. The SMILES string of the molecule is CCCCCCN(C)Cc1ccc(C(=O)Nc2cnc3ccccc3c2)cc1. The highest BCUT2D eigenvalue weighted by atomic mass is 16.1. The van der Waals surface area contributed by atoms with E-state index in [2.05, 4.69) is 29.2 Å². The van der Waals surface area contributed by atoms with Gasteiger partial charge in [0.05, 0.1) is 17.4 Å².